The average molecular weight is 360 g/mol. The quantitative estimate of drug-likeness (QED) is 0.843. The van der Waals surface area contributed by atoms with Gasteiger partial charge < -0.3 is 5.11 Å². The molecule has 1 aromatic heterocycles. The summed E-state index contributed by atoms with van der Waals surface area (Å²) in [7, 11) is 0. The Kier molecular flexibility index (Phi) is 5.02. The second kappa shape index (κ2) is 6.55. The summed E-state index contributed by atoms with van der Waals surface area (Å²) in [5, 5.41) is 9.97. The van der Waals surface area contributed by atoms with Gasteiger partial charge in [-0.05, 0) is 52.5 Å². The molecule has 0 aliphatic carbocycles. The van der Waals surface area contributed by atoms with E-state index in [0.717, 1.165) is 14.2 Å². The number of aliphatic carboxylic acids is 1. The Hall–Kier alpha value is -0.840. The lowest BCUT2D eigenvalue weighted by molar-refractivity contribution is -0.141. The largest absolute Gasteiger partial charge is 0.481 e. The Balaban J connectivity index is 2.13. The molecule has 1 heterocycles. The summed E-state index contributed by atoms with van der Waals surface area (Å²) in [4.78, 5) is 12.4. The van der Waals surface area contributed by atoms with E-state index >= 15 is 0 Å². The van der Waals surface area contributed by atoms with E-state index in [0.29, 0.717) is 17.9 Å². The van der Waals surface area contributed by atoms with Crippen LogP contribution in [0.2, 0.25) is 5.02 Å². The van der Waals surface area contributed by atoms with Crippen molar-refractivity contribution in [1.29, 1.82) is 0 Å². The topological polar surface area (TPSA) is 37.3 Å². The number of carbonyl (C=O) groups is 1. The lowest BCUT2D eigenvalue weighted by Crippen LogP contribution is -2.18. The molecule has 0 radical (unpaired) electrons. The first-order valence-electron chi connectivity index (χ1n) is 5.76. The Morgan fingerprint density at radius 3 is 2.58 bits per heavy atom. The molecule has 0 aliphatic heterocycles. The average Bonchev–Trinajstić information content (AvgIpc) is 2.76. The number of hydrogen-bond donors (Lipinski definition) is 1. The van der Waals surface area contributed by atoms with Crippen LogP contribution in [-0.4, -0.2) is 11.1 Å². The minimum Gasteiger partial charge on any atom is -0.481 e. The summed E-state index contributed by atoms with van der Waals surface area (Å²) in [6.45, 7) is 0. The summed E-state index contributed by atoms with van der Waals surface area (Å²) < 4.78 is 1.02. The third-order valence-corrected chi connectivity index (χ3v) is 4.86. The molecule has 1 N–H and O–H groups in total. The first-order valence-corrected chi connectivity index (χ1v) is 7.75. The predicted molar refractivity (Wildman–Crippen MR) is 82.0 cm³/mol. The van der Waals surface area contributed by atoms with Gasteiger partial charge in [0.1, 0.15) is 0 Å². The van der Waals surface area contributed by atoms with Gasteiger partial charge in [0.25, 0.3) is 0 Å². The van der Waals surface area contributed by atoms with Crippen molar-refractivity contribution < 1.29 is 9.90 Å². The van der Waals surface area contributed by atoms with E-state index in [2.05, 4.69) is 15.9 Å². The van der Waals surface area contributed by atoms with Crippen LogP contribution in [0.15, 0.2) is 40.2 Å². The first-order chi connectivity index (χ1) is 9.06. The molecule has 0 saturated heterocycles. The first kappa shape index (κ1) is 14.6. The van der Waals surface area contributed by atoms with Gasteiger partial charge in [-0.25, -0.2) is 0 Å². The van der Waals surface area contributed by atoms with Crippen LogP contribution in [0.5, 0.6) is 0 Å². The van der Waals surface area contributed by atoms with Gasteiger partial charge in [-0.3, -0.25) is 4.79 Å². The van der Waals surface area contributed by atoms with Crippen molar-refractivity contribution in [3.63, 3.8) is 0 Å². The monoisotopic (exact) mass is 358 g/mol. The number of rotatable bonds is 5. The maximum Gasteiger partial charge on any atom is 0.307 e. The molecule has 2 nitrogen and oxygen atoms in total. The molecule has 1 aromatic carbocycles. The molecule has 19 heavy (non-hydrogen) atoms. The van der Waals surface area contributed by atoms with Crippen molar-refractivity contribution >= 4 is 44.8 Å². The summed E-state index contributed by atoms with van der Waals surface area (Å²) in [6, 6.07) is 11.3. The number of benzene rings is 1. The molecule has 0 spiro atoms. The van der Waals surface area contributed by atoms with Crippen LogP contribution in [0.3, 0.4) is 0 Å². The molecule has 2 aromatic rings. The Morgan fingerprint density at radius 1 is 1.26 bits per heavy atom. The van der Waals surface area contributed by atoms with Crippen molar-refractivity contribution in [3.05, 3.63) is 55.6 Å². The van der Waals surface area contributed by atoms with Gasteiger partial charge in [-0.15, -0.1) is 11.3 Å². The van der Waals surface area contributed by atoms with Crippen LogP contribution in [0, 0.1) is 5.92 Å². The van der Waals surface area contributed by atoms with E-state index in [4.69, 9.17) is 11.6 Å². The molecular weight excluding hydrogens is 348 g/mol. The van der Waals surface area contributed by atoms with Crippen molar-refractivity contribution in [2.75, 3.05) is 0 Å². The van der Waals surface area contributed by atoms with Crippen LogP contribution in [0.25, 0.3) is 0 Å². The molecule has 0 amide bonds. The van der Waals surface area contributed by atoms with E-state index in [-0.39, 0.29) is 0 Å². The number of thiophene rings is 1. The fourth-order valence-electron chi connectivity index (χ4n) is 1.88. The molecule has 0 bridgehead atoms. The molecule has 0 saturated carbocycles. The molecule has 1 atom stereocenters. The van der Waals surface area contributed by atoms with Gasteiger partial charge >= 0.3 is 5.97 Å². The summed E-state index contributed by atoms with van der Waals surface area (Å²) >= 11 is 11.0. The maximum atomic E-state index is 11.4. The van der Waals surface area contributed by atoms with Crippen LogP contribution in [-0.2, 0) is 17.6 Å². The predicted octanol–water partition coefficient (Wildman–Crippen LogP) is 4.65. The molecule has 5 heteroatoms. The minimum atomic E-state index is -0.788. The molecule has 100 valence electrons. The molecule has 1 unspecified atom stereocenters. The lowest BCUT2D eigenvalue weighted by Gasteiger charge is -2.12. The Morgan fingerprint density at radius 2 is 2.00 bits per heavy atom. The zero-order chi connectivity index (χ0) is 13.8. The fraction of sp³-hybridized carbons (Fsp3) is 0.214. The highest BCUT2D eigenvalue weighted by atomic mass is 79.9. The highest BCUT2D eigenvalue weighted by molar-refractivity contribution is 9.11. The third kappa shape index (κ3) is 4.06. The van der Waals surface area contributed by atoms with Crippen LogP contribution in [0.4, 0.5) is 0 Å². The summed E-state index contributed by atoms with van der Waals surface area (Å²) in [5.74, 6) is -1.24. The van der Waals surface area contributed by atoms with Crippen molar-refractivity contribution in [1.82, 2.24) is 0 Å². The van der Waals surface area contributed by atoms with E-state index in [9.17, 15) is 9.90 Å². The standard InChI is InChI=1S/C14H12BrClO2S/c15-13-6-5-11(19-13)8-10(14(17)18)7-9-3-1-2-4-12(9)16/h1-6,10H,7-8H2,(H,17,18). The van der Waals surface area contributed by atoms with Crippen molar-refractivity contribution in [2.24, 2.45) is 5.92 Å². The minimum absolute atomic E-state index is 0.449. The molecule has 2 rings (SSSR count). The summed E-state index contributed by atoms with van der Waals surface area (Å²) in [5.41, 5.74) is 0.882. The van der Waals surface area contributed by atoms with Gasteiger partial charge in [0.05, 0.1) is 9.70 Å². The van der Waals surface area contributed by atoms with Gasteiger partial charge in [-0.2, -0.15) is 0 Å². The Bertz CT molecular complexity index is 582. The van der Waals surface area contributed by atoms with Crippen molar-refractivity contribution in [3.8, 4) is 0 Å². The van der Waals surface area contributed by atoms with Crippen LogP contribution < -0.4 is 0 Å². The normalized spacial score (nSPS) is 12.3. The number of carboxylic acids is 1. The fourth-order valence-corrected chi connectivity index (χ4v) is 3.66. The smallest absolute Gasteiger partial charge is 0.307 e. The molecule has 0 fully saturated rings. The van der Waals surface area contributed by atoms with Gasteiger partial charge in [0, 0.05) is 9.90 Å². The van der Waals surface area contributed by atoms with E-state index in [1.807, 2.05) is 30.3 Å². The van der Waals surface area contributed by atoms with Gasteiger partial charge in [-0.1, -0.05) is 29.8 Å². The maximum absolute atomic E-state index is 11.4. The summed E-state index contributed by atoms with van der Waals surface area (Å²) in [6.07, 6.45) is 0.974. The van der Waals surface area contributed by atoms with E-state index in [1.54, 1.807) is 17.4 Å². The third-order valence-electron chi connectivity index (χ3n) is 2.85. The highest BCUT2D eigenvalue weighted by Gasteiger charge is 2.20. The van der Waals surface area contributed by atoms with E-state index < -0.39 is 11.9 Å². The van der Waals surface area contributed by atoms with Crippen molar-refractivity contribution in [2.45, 2.75) is 12.8 Å². The SMILES string of the molecule is O=C(O)C(Cc1ccc(Br)s1)Cc1ccccc1Cl. The van der Waals surface area contributed by atoms with Crippen LogP contribution >= 0.6 is 38.9 Å². The lowest BCUT2D eigenvalue weighted by atomic mass is 9.95. The second-order valence-electron chi connectivity index (χ2n) is 4.24. The van der Waals surface area contributed by atoms with E-state index in [1.165, 1.54) is 0 Å². The zero-order valence-corrected chi connectivity index (χ0v) is 13.1. The second-order valence-corrected chi connectivity index (χ2v) is 7.20. The zero-order valence-electron chi connectivity index (χ0n) is 9.98. The van der Waals surface area contributed by atoms with Gasteiger partial charge in [0.2, 0.25) is 0 Å². The molecule has 0 aliphatic rings. The highest BCUT2D eigenvalue weighted by Crippen LogP contribution is 2.27. The van der Waals surface area contributed by atoms with Gasteiger partial charge in [0.15, 0.2) is 0 Å². The van der Waals surface area contributed by atoms with Crippen LogP contribution in [0.1, 0.15) is 10.4 Å². The number of halogens is 2. The Labute approximate surface area is 129 Å². The number of carboxylic acid groups (broad SMARTS) is 1. The molecular formula is C14H12BrClO2S. The number of hydrogen-bond acceptors (Lipinski definition) is 2.